The predicted molar refractivity (Wildman–Crippen MR) is 117 cm³/mol. The fraction of sp³-hybridized carbons (Fsp3) is 0.857. The summed E-state index contributed by atoms with van der Waals surface area (Å²) in [6.07, 6.45) is 1.25. The number of nitrogens with zero attached hydrogens (tertiary/aromatic N) is 8. The second-order valence-electron chi connectivity index (χ2n) is 11.5. The van der Waals surface area contributed by atoms with Gasteiger partial charge < -0.3 is 9.47 Å². The van der Waals surface area contributed by atoms with Gasteiger partial charge in [0.1, 0.15) is 12.2 Å². The van der Waals surface area contributed by atoms with Gasteiger partial charge in [0.2, 0.25) is 5.95 Å². The highest BCUT2D eigenvalue weighted by Crippen LogP contribution is 2.40. The summed E-state index contributed by atoms with van der Waals surface area (Å²) < 4.78 is 12.1. The molecule has 0 aliphatic carbocycles. The topological polar surface area (TPSA) is 152 Å². The molecule has 12 nitrogen and oxygen atoms in total. The molecule has 3 rings (SSSR count). The van der Waals surface area contributed by atoms with Crippen molar-refractivity contribution in [2.45, 2.75) is 115 Å². The van der Waals surface area contributed by atoms with Gasteiger partial charge in [-0.15, -0.1) is 25.5 Å². The summed E-state index contributed by atoms with van der Waals surface area (Å²) in [7, 11) is 0. The SMILES string of the molecule is CC1(C)CC(Oc2nc(N=[N+]=[N-])nc(OC3CC(C)(C)N([O])C(C)(C)C3)n2)CC(C)(C)N1[O]. The number of ether oxygens (including phenoxy) is 2. The summed E-state index contributed by atoms with van der Waals surface area (Å²) in [4.78, 5) is 15.3. The van der Waals surface area contributed by atoms with Crippen LogP contribution >= 0.6 is 0 Å². The van der Waals surface area contributed by atoms with Gasteiger partial charge in [0.05, 0.1) is 0 Å². The minimum absolute atomic E-state index is 0.0295. The van der Waals surface area contributed by atoms with E-state index in [1.54, 1.807) is 0 Å². The van der Waals surface area contributed by atoms with Gasteiger partial charge in [0, 0.05) is 52.8 Å². The second-order valence-corrected chi connectivity index (χ2v) is 11.5. The molecule has 12 heteroatoms. The van der Waals surface area contributed by atoms with Gasteiger partial charge in [0.25, 0.3) is 0 Å². The van der Waals surface area contributed by atoms with Gasteiger partial charge in [-0.2, -0.15) is 9.97 Å². The predicted octanol–water partition coefficient (Wildman–Crippen LogP) is 4.31. The first-order chi connectivity index (χ1) is 15.1. The van der Waals surface area contributed by atoms with Crippen LogP contribution in [0.15, 0.2) is 5.11 Å². The van der Waals surface area contributed by atoms with E-state index in [-0.39, 0.29) is 30.2 Å². The van der Waals surface area contributed by atoms with E-state index in [0.717, 1.165) is 10.1 Å². The molecule has 0 atom stereocenters. The summed E-state index contributed by atoms with van der Waals surface area (Å²) in [5.41, 5.74) is 6.36. The third-order valence-electron chi connectivity index (χ3n) is 6.37. The number of hydrogen-bond acceptors (Lipinski definition) is 8. The molecule has 33 heavy (non-hydrogen) atoms. The first-order valence-corrected chi connectivity index (χ1v) is 11.2. The molecule has 2 radical (unpaired) electrons. The van der Waals surface area contributed by atoms with Crippen molar-refractivity contribution in [1.82, 2.24) is 25.1 Å². The van der Waals surface area contributed by atoms with E-state index in [1.807, 2.05) is 55.4 Å². The van der Waals surface area contributed by atoms with Gasteiger partial charge in [-0.05, 0) is 66.0 Å². The van der Waals surface area contributed by atoms with Gasteiger partial charge in [0.15, 0.2) is 0 Å². The number of hydrogen-bond donors (Lipinski definition) is 0. The van der Waals surface area contributed by atoms with Crippen LogP contribution in [0.3, 0.4) is 0 Å². The largest absolute Gasteiger partial charge is 0.460 e. The van der Waals surface area contributed by atoms with Crippen LogP contribution in [0.1, 0.15) is 81.1 Å². The Balaban J connectivity index is 1.84. The highest BCUT2D eigenvalue weighted by atomic mass is 16.5. The molecule has 2 fully saturated rings. The summed E-state index contributed by atoms with van der Waals surface area (Å²) in [5, 5.41) is 31.0. The third kappa shape index (κ3) is 5.47. The molecule has 182 valence electrons. The highest BCUT2D eigenvalue weighted by molar-refractivity contribution is 5.20. The van der Waals surface area contributed by atoms with Gasteiger partial charge in [-0.1, -0.05) is 0 Å². The van der Waals surface area contributed by atoms with E-state index in [2.05, 4.69) is 25.0 Å². The molecule has 0 amide bonds. The van der Waals surface area contributed by atoms with E-state index in [0.29, 0.717) is 25.7 Å². The molecule has 0 unspecified atom stereocenters. The first-order valence-electron chi connectivity index (χ1n) is 11.2. The number of aromatic nitrogens is 3. The zero-order valence-corrected chi connectivity index (χ0v) is 20.7. The number of hydroxylamine groups is 4. The Kier molecular flexibility index (Phi) is 6.55. The Morgan fingerprint density at radius 1 is 0.758 bits per heavy atom. The maximum atomic E-state index is 12.6. The zero-order chi connectivity index (χ0) is 24.8. The minimum atomic E-state index is -0.629. The van der Waals surface area contributed by atoms with Crippen molar-refractivity contribution in [2.75, 3.05) is 0 Å². The van der Waals surface area contributed by atoms with Crippen molar-refractivity contribution < 1.29 is 19.9 Å². The summed E-state index contributed by atoms with van der Waals surface area (Å²) >= 11 is 0. The normalized spacial score (nSPS) is 25.3. The smallest absolute Gasteiger partial charge is 0.323 e. The van der Waals surface area contributed by atoms with Crippen LogP contribution in [0.4, 0.5) is 5.95 Å². The fourth-order valence-electron chi connectivity index (χ4n) is 5.33. The van der Waals surface area contributed by atoms with Crippen LogP contribution in [0.5, 0.6) is 12.0 Å². The summed E-state index contributed by atoms with van der Waals surface area (Å²) in [6, 6.07) is -0.0590. The Morgan fingerprint density at radius 2 is 1.09 bits per heavy atom. The van der Waals surface area contributed by atoms with Crippen LogP contribution in [0.2, 0.25) is 0 Å². The van der Waals surface area contributed by atoms with Crippen molar-refractivity contribution >= 4 is 5.95 Å². The van der Waals surface area contributed by atoms with Crippen LogP contribution in [-0.2, 0) is 10.4 Å². The van der Waals surface area contributed by atoms with E-state index < -0.39 is 22.2 Å². The number of azide groups is 1. The molecule has 0 saturated carbocycles. The van der Waals surface area contributed by atoms with Crippen LogP contribution in [0, 0.1) is 0 Å². The van der Waals surface area contributed by atoms with Crippen molar-refractivity contribution in [3.63, 3.8) is 0 Å². The molecule has 2 saturated heterocycles. The maximum absolute atomic E-state index is 12.6. The first kappa shape index (κ1) is 25.4. The second kappa shape index (κ2) is 8.52. The molecular weight excluding hydrogens is 428 g/mol. The van der Waals surface area contributed by atoms with Crippen molar-refractivity contribution in [2.24, 2.45) is 5.11 Å². The summed E-state index contributed by atoms with van der Waals surface area (Å²) in [6.45, 7) is 15.0. The Hall–Kier alpha value is -2.24. The Morgan fingerprint density at radius 3 is 1.39 bits per heavy atom. The van der Waals surface area contributed by atoms with Gasteiger partial charge in [-0.25, -0.2) is 0 Å². The lowest BCUT2D eigenvalue weighted by Gasteiger charge is -2.49. The molecule has 1 aromatic rings. The average Bonchev–Trinajstić information content (AvgIpc) is 2.63. The van der Waals surface area contributed by atoms with E-state index in [9.17, 15) is 10.4 Å². The quantitative estimate of drug-likeness (QED) is 0.359. The van der Waals surface area contributed by atoms with E-state index in [1.165, 1.54) is 0 Å². The lowest BCUT2D eigenvalue weighted by Crippen LogP contribution is -2.60. The molecule has 0 N–H and O–H groups in total. The van der Waals surface area contributed by atoms with Crippen LogP contribution in [-0.4, -0.2) is 59.4 Å². The van der Waals surface area contributed by atoms with Crippen LogP contribution in [0.25, 0.3) is 10.4 Å². The molecular formula is C21H34N8O4. The van der Waals surface area contributed by atoms with Gasteiger partial charge >= 0.3 is 12.0 Å². The Labute approximate surface area is 194 Å². The van der Waals surface area contributed by atoms with Crippen molar-refractivity contribution in [3.05, 3.63) is 10.4 Å². The number of piperidine rings is 2. The monoisotopic (exact) mass is 462 g/mol. The van der Waals surface area contributed by atoms with E-state index in [4.69, 9.17) is 15.0 Å². The highest BCUT2D eigenvalue weighted by Gasteiger charge is 2.48. The zero-order valence-electron chi connectivity index (χ0n) is 20.7. The molecule has 2 aliphatic rings. The standard InChI is InChI=1S/C21H34N8O4/c1-18(2)9-13(10-19(3,4)28(18)30)32-16-23-15(26-27-22)24-17(25-16)33-14-11-20(5,6)29(31)21(7,8)12-14/h13-14H,9-12H2,1-8H3. The van der Waals surface area contributed by atoms with Crippen molar-refractivity contribution in [3.8, 4) is 12.0 Å². The number of rotatable bonds is 5. The molecule has 0 aromatic carbocycles. The fourth-order valence-corrected chi connectivity index (χ4v) is 5.33. The molecule has 1 aromatic heterocycles. The lowest BCUT2D eigenvalue weighted by molar-refractivity contribution is -0.297. The van der Waals surface area contributed by atoms with Gasteiger partial charge in [-0.3, -0.25) is 0 Å². The molecule has 2 aliphatic heterocycles. The minimum Gasteiger partial charge on any atom is -0.460 e. The molecule has 0 bridgehead atoms. The summed E-state index contributed by atoms with van der Waals surface area (Å²) in [5.74, 6) is -0.169. The average molecular weight is 463 g/mol. The lowest BCUT2D eigenvalue weighted by atomic mass is 9.80. The van der Waals surface area contributed by atoms with Crippen molar-refractivity contribution in [1.29, 1.82) is 0 Å². The maximum Gasteiger partial charge on any atom is 0.323 e. The molecule has 3 heterocycles. The third-order valence-corrected chi connectivity index (χ3v) is 6.37. The molecule has 0 spiro atoms. The van der Waals surface area contributed by atoms with E-state index >= 15 is 0 Å². The Bertz CT molecular complexity index is 831. The van der Waals surface area contributed by atoms with Crippen LogP contribution < -0.4 is 9.47 Å².